The Labute approximate surface area is 113 Å². The van der Waals surface area contributed by atoms with Gasteiger partial charge in [0.2, 0.25) is 0 Å². The van der Waals surface area contributed by atoms with Crippen LogP contribution in [0.3, 0.4) is 0 Å². The van der Waals surface area contributed by atoms with Gasteiger partial charge in [0.15, 0.2) is 0 Å². The van der Waals surface area contributed by atoms with E-state index in [2.05, 4.69) is 26.0 Å². The van der Waals surface area contributed by atoms with Crippen molar-refractivity contribution in [2.45, 2.75) is 71.8 Å². The second-order valence-corrected chi connectivity index (χ2v) is 6.40. The zero-order valence-corrected chi connectivity index (χ0v) is 12.8. The molecule has 108 valence electrons. The first kappa shape index (κ1) is 17.6. The van der Waals surface area contributed by atoms with Gasteiger partial charge in [0.25, 0.3) is 10.1 Å². The van der Waals surface area contributed by atoms with E-state index < -0.39 is 10.1 Å². The molecule has 0 aromatic carbocycles. The molecule has 0 rings (SSSR count). The Balaban J connectivity index is 4.10. The van der Waals surface area contributed by atoms with Crippen LogP contribution in [0.1, 0.15) is 65.7 Å². The molecule has 0 saturated carbocycles. The van der Waals surface area contributed by atoms with Crippen molar-refractivity contribution in [1.29, 1.82) is 0 Å². The SMILES string of the molecule is CC/C=C/CCCC(CCCC)OS(=O)(=O)CC. The molecule has 0 bridgehead atoms. The zero-order chi connectivity index (χ0) is 13.9. The smallest absolute Gasteiger partial charge is 0.267 e. The molecule has 0 aliphatic carbocycles. The molecule has 0 N–H and O–H groups in total. The van der Waals surface area contributed by atoms with Crippen molar-refractivity contribution in [3.8, 4) is 0 Å². The van der Waals surface area contributed by atoms with Gasteiger partial charge in [0.1, 0.15) is 0 Å². The largest absolute Gasteiger partial charge is 0.267 e. The number of unbranched alkanes of at least 4 members (excludes halogenated alkanes) is 2. The summed E-state index contributed by atoms with van der Waals surface area (Å²) in [5.74, 6) is 0.0609. The number of hydrogen-bond acceptors (Lipinski definition) is 3. The highest BCUT2D eigenvalue weighted by atomic mass is 32.2. The third kappa shape index (κ3) is 9.66. The molecule has 1 unspecified atom stereocenters. The van der Waals surface area contributed by atoms with Gasteiger partial charge in [-0.2, -0.15) is 8.42 Å². The molecule has 0 aromatic rings. The molecule has 4 heteroatoms. The Hall–Kier alpha value is -0.350. The average Bonchev–Trinajstić information content (AvgIpc) is 2.35. The van der Waals surface area contributed by atoms with Crippen LogP contribution in [-0.2, 0) is 14.3 Å². The molecular weight excluding hydrogens is 248 g/mol. The topological polar surface area (TPSA) is 43.4 Å². The molecule has 0 heterocycles. The van der Waals surface area contributed by atoms with E-state index in [4.69, 9.17) is 4.18 Å². The van der Waals surface area contributed by atoms with Crippen LogP contribution in [-0.4, -0.2) is 20.3 Å². The molecule has 0 spiro atoms. The van der Waals surface area contributed by atoms with Crippen molar-refractivity contribution in [3.05, 3.63) is 12.2 Å². The molecule has 0 fully saturated rings. The van der Waals surface area contributed by atoms with Crippen molar-refractivity contribution >= 4 is 10.1 Å². The van der Waals surface area contributed by atoms with Crippen LogP contribution >= 0.6 is 0 Å². The van der Waals surface area contributed by atoms with E-state index in [0.29, 0.717) is 0 Å². The minimum atomic E-state index is -3.31. The monoisotopic (exact) mass is 276 g/mol. The quantitative estimate of drug-likeness (QED) is 0.325. The van der Waals surface area contributed by atoms with Crippen LogP contribution in [0.5, 0.6) is 0 Å². The van der Waals surface area contributed by atoms with E-state index in [9.17, 15) is 8.42 Å². The van der Waals surface area contributed by atoms with E-state index in [1.807, 2.05) is 0 Å². The maximum absolute atomic E-state index is 11.5. The molecular formula is C14H28O3S. The van der Waals surface area contributed by atoms with Crippen molar-refractivity contribution < 1.29 is 12.6 Å². The van der Waals surface area contributed by atoms with E-state index in [-0.39, 0.29) is 11.9 Å². The maximum atomic E-state index is 11.5. The van der Waals surface area contributed by atoms with E-state index >= 15 is 0 Å². The molecule has 0 aromatic heterocycles. The second-order valence-electron chi connectivity index (χ2n) is 4.52. The lowest BCUT2D eigenvalue weighted by Crippen LogP contribution is -2.20. The fourth-order valence-corrected chi connectivity index (χ4v) is 2.44. The summed E-state index contributed by atoms with van der Waals surface area (Å²) >= 11 is 0. The van der Waals surface area contributed by atoms with Crippen LogP contribution < -0.4 is 0 Å². The van der Waals surface area contributed by atoms with Crippen molar-refractivity contribution in [1.82, 2.24) is 0 Å². The molecule has 1 atom stereocenters. The highest BCUT2D eigenvalue weighted by Crippen LogP contribution is 2.15. The minimum absolute atomic E-state index is 0.0609. The lowest BCUT2D eigenvalue weighted by Gasteiger charge is -2.16. The lowest BCUT2D eigenvalue weighted by atomic mass is 10.1. The maximum Gasteiger partial charge on any atom is 0.267 e. The fraction of sp³-hybridized carbons (Fsp3) is 0.857. The Morgan fingerprint density at radius 1 is 1.06 bits per heavy atom. The van der Waals surface area contributed by atoms with Crippen LogP contribution in [0.4, 0.5) is 0 Å². The van der Waals surface area contributed by atoms with E-state index in [1.54, 1.807) is 6.92 Å². The van der Waals surface area contributed by atoms with Gasteiger partial charge >= 0.3 is 0 Å². The molecule has 0 saturated heterocycles. The number of rotatable bonds is 11. The summed E-state index contributed by atoms with van der Waals surface area (Å²) in [7, 11) is -3.31. The first-order valence-electron chi connectivity index (χ1n) is 7.11. The first-order chi connectivity index (χ1) is 8.55. The Kier molecular flexibility index (Phi) is 10.4. The van der Waals surface area contributed by atoms with Gasteiger partial charge in [-0.15, -0.1) is 0 Å². The van der Waals surface area contributed by atoms with Gasteiger partial charge in [-0.05, 0) is 39.0 Å². The predicted molar refractivity (Wildman–Crippen MR) is 77.1 cm³/mol. The summed E-state index contributed by atoms with van der Waals surface area (Å²) in [6.45, 7) is 5.84. The van der Waals surface area contributed by atoms with Gasteiger partial charge in [-0.25, -0.2) is 0 Å². The lowest BCUT2D eigenvalue weighted by molar-refractivity contribution is 0.183. The molecule has 3 nitrogen and oxygen atoms in total. The van der Waals surface area contributed by atoms with Crippen LogP contribution in [0.2, 0.25) is 0 Å². The molecule has 0 aliphatic heterocycles. The third-order valence-corrected chi connectivity index (χ3v) is 4.09. The molecule has 0 amide bonds. The van der Waals surface area contributed by atoms with E-state index in [1.165, 1.54) is 0 Å². The van der Waals surface area contributed by atoms with Crippen molar-refractivity contribution in [3.63, 3.8) is 0 Å². The first-order valence-corrected chi connectivity index (χ1v) is 8.69. The predicted octanol–water partition coefficient (Wildman–Crippen LogP) is 4.05. The normalized spacial score (nSPS) is 14.2. The average molecular weight is 276 g/mol. The number of allylic oxidation sites excluding steroid dienone is 2. The Bertz CT molecular complexity index is 307. The van der Waals surface area contributed by atoms with Crippen LogP contribution in [0.15, 0.2) is 12.2 Å². The summed E-state index contributed by atoms with van der Waals surface area (Å²) in [4.78, 5) is 0. The van der Waals surface area contributed by atoms with Crippen LogP contribution in [0.25, 0.3) is 0 Å². The van der Waals surface area contributed by atoms with Gasteiger partial charge in [0.05, 0.1) is 11.9 Å². The summed E-state index contributed by atoms with van der Waals surface area (Å²) in [5.41, 5.74) is 0. The van der Waals surface area contributed by atoms with Gasteiger partial charge in [0, 0.05) is 0 Å². The summed E-state index contributed by atoms with van der Waals surface area (Å²) in [6.07, 6.45) is 11.0. The second kappa shape index (κ2) is 10.6. The van der Waals surface area contributed by atoms with Gasteiger partial charge < -0.3 is 0 Å². The molecule has 0 aliphatic rings. The third-order valence-electron chi connectivity index (χ3n) is 2.82. The van der Waals surface area contributed by atoms with Gasteiger partial charge in [-0.3, -0.25) is 4.18 Å². The molecule has 0 radical (unpaired) electrons. The minimum Gasteiger partial charge on any atom is -0.267 e. The summed E-state index contributed by atoms with van der Waals surface area (Å²) < 4.78 is 28.2. The standard InChI is InChI=1S/C14H28O3S/c1-4-7-9-10-11-13-14(12-8-5-2)17-18(15,16)6-3/h7,9,14H,4-6,8,10-13H2,1-3H3/b9-7+. The summed E-state index contributed by atoms with van der Waals surface area (Å²) in [6, 6.07) is 0. The highest BCUT2D eigenvalue weighted by Gasteiger charge is 2.16. The number of hydrogen-bond donors (Lipinski definition) is 0. The molecule has 18 heavy (non-hydrogen) atoms. The van der Waals surface area contributed by atoms with Crippen molar-refractivity contribution in [2.24, 2.45) is 0 Å². The fourth-order valence-electron chi connectivity index (χ4n) is 1.70. The summed E-state index contributed by atoms with van der Waals surface area (Å²) in [5, 5.41) is 0. The van der Waals surface area contributed by atoms with Crippen molar-refractivity contribution in [2.75, 3.05) is 5.75 Å². The Morgan fingerprint density at radius 3 is 2.28 bits per heavy atom. The zero-order valence-electron chi connectivity index (χ0n) is 12.0. The highest BCUT2D eigenvalue weighted by molar-refractivity contribution is 7.86. The van der Waals surface area contributed by atoms with Crippen LogP contribution in [0, 0.1) is 0 Å². The van der Waals surface area contributed by atoms with Gasteiger partial charge in [-0.1, -0.05) is 38.8 Å². The Morgan fingerprint density at radius 2 is 1.72 bits per heavy atom. The van der Waals surface area contributed by atoms with E-state index in [0.717, 1.165) is 44.9 Å².